The van der Waals surface area contributed by atoms with Crippen LogP contribution in [0.5, 0.6) is 0 Å². The minimum Gasteiger partial charge on any atom is -0.387 e. The van der Waals surface area contributed by atoms with Crippen molar-refractivity contribution in [2.45, 2.75) is 25.9 Å². The molecular formula is C15H25N5O. The lowest BCUT2D eigenvalue weighted by Gasteiger charge is -2.38. The van der Waals surface area contributed by atoms with E-state index in [9.17, 15) is 5.11 Å². The Morgan fingerprint density at radius 1 is 1.29 bits per heavy atom. The van der Waals surface area contributed by atoms with Crippen LogP contribution in [0.3, 0.4) is 0 Å². The standard InChI is InChI=1S/C15H25N5O/c1-12-9-17-13(2)14(18-12)20-7-5-19(6-8-20)11-15(21)3-4-16-10-15/h9,16,21H,3-8,10-11H2,1-2H3. The lowest BCUT2D eigenvalue weighted by atomic mass is 10.0. The second kappa shape index (κ2) is 5.87. The average molecular weight is 291 g/mol. The van der Waals surface area contributed by atoms with E-state index >= 15 is 0 Å². The molecule has 0 radical (unpaired) electrons. The molecule has 0 aromatic carbocycles. The van der Waals surface area contributed by atoms with Crippen molar-refractivity contribution in [1.82, 2.24) is 20.2 Å². The quantitative estimate of drug-likeness (QED) is 0.813. The van der Waals surface area contributed by atoms with Crippen LogP contribution < -0.4 is 10.2 Å². The summed E-state index contributed by atoms with van der Waals surface area (Å²) >= 11 is 0. The largest absolute Gasteiger partial charge is 0.387 e. The van der Waals surface area contributed by atoms with Crippen LogP contribution in [0.15, 0.2) is 6.20 Å². The molecule has 21 heavy (non-hydrogen) atoms. The minimum absolute atomic E-state index is 0.540. The van der Waals surface area contributed by atoms with Crippen molar-refractivity contribution in [3.05, 3.63) is 17.6 Å². The third-order valence-electron chi connectivity index (χ3n) is 4.46. The molecule has 0 bridgehead atoms. The first-order valence-electron chi connectivity index (χ1n) is 7.76. The highest BCUT2D eigenvalue weighted by atomic mass is 16.3. The molecule has 3 rings (SSSR count). The number of aromatic nitrogens is 2. The predicted octanol–water partition coefficient (Wildman–Crippen LogP) is -0.0602. The van der Waals surface area contributed by atoms with Crippen LogP contribution in [0.2, 0.25) is 0 Å². The number of aryl methyl sites for hydroxylation is 2. The Labute approximate surface area is 126 Å². The fraction of sp³-hybridized carbons (Fsp3) is 0.733. The van der Waals surface area contributed by atoms with Gasteiger partial charge in [-0.05, 0) is 26.8 Å². The summed E-state index contributed by atoms with van der Waals surface area (Å²) in [6.07, 6.45) is 2.67. The van der Waals surface area contributed by atoms with Gasteiger partial charge in [0.25, 0.3) is 0 Å². The Morgan fingerprint density at radius 3 is 2.71 bits per heavy atom. The van der Waals surface area contributed by atoms with Gasteiger partial charge in [0.1, 0.15) is 5.82 Å². The lowest BCUT2D eigenvalue weighted by molar-refractivity contribution is 0.0193. The number of nitrogens with zero attached hydrogens (tertiary/aromatic N) is 4. The molecule has 116 valence electrons. The van der Waals surface area contributed by atoms with Gasteiger partial charge in [-0.25, -0.2) is 4.98 Å². The van der Waals surface area contributed by atoms with Crippen molar-refractivity contribution in [3.63, 3.8) is 0 Å². The molecule has 0 spiro atoms. The highest BCUT2D eigenvalue weighted by Gasteiger charge is 2.34. The van der Waals surface area contributed by atoms with E-state index in [-0.39, 0.29) is 0 Å². The van der Waals surface area contributed by atoms with Gasteiger partial charge in [0.05, 0.1) is 17.0 Å². The number of anilines is 1. The molecule has 1 atom stereocenters. The van der Waals surface area contributed by atoms with Crippen molar-refractivity contribution in [3.8, 4) is 0 Å². The molecule has 1 unspecified atom stereocenters. The van der Waals surface area contributed by atoms with Gasteiger partial charge in [0, 0.05) is 45.5 Å². The topological polar surface area (TPSA) is 64.5 Å². The van der Waals surface area contributed by atoms with Gasteiger partial charge in [-0.3, -0.25) is 9.88 Å². The van der Waals surface area contributed by atoms with Crippen molar-refractivity contribution in [2.24, 2.45) is 0 Å². The van der Waals surface area contributed by atoms with Crippen molar-refractivity contribution < 1.29 is 5.11 Å². The van der Waals surface area contributed by atoms with Crippen LogP contribution in [0.1, 0.15) is 17.8 Å². The summed E-state index contributed by atoms with van der Waals surface area (Å²) in [4.78, 5) is 13.7. The molecule has 0 aliphatic carbocycles. The maximum absolute atomic E-state index is 10.5. The molecule has 1 aromatic heterocycles. The zero-order chi connectivity index (χ0) is 14.9. The van der Waals surface area contributed by atoms with Gasteiger partial charge in [0.15, 0.2) is 0 Å². The zero-order valence-electron chi connectivity index (χ0n) is 13.0. The SMILES string of the molecule is Cc1cnc(C)c(N2CCN(CC3(O)CCNC3)CC2)n1. The lowest BCUT2D eigenvalue weighted by Crippen LogP contribution is -2.53. The highest BCUT2D eigenvalue weighted by molar-refractivity contribution is 5.43. The Hall–Kier alpha value is -1.24. The van der Waals surface area contributed by atoms with E-state index in [0.717, 1.165) is 69.4 Å². The number of piperazine rings is 1. The van der Waals surface area contributed by atoms with Crippen molar-refractivity contribution in [2.75, 3.05) is 50.7 Å². The van der Waals surface area contributed by atoms with Gasteiger partial charge in [-0.1, -0.05) is 0 Å². The van der Waals surface area contributed by atoms with E-state index in [4.69, 9.17) is 0 Å². The number of β-amino-alcohol motifs (C(OH)–C–C–N with tert-alkyl or cyclic N) is 1. The number of hydrogen-bond donors (Lipinski definition) is 2. The number of hydrogen-bond acceptors (Lipinski definition) is 6. The average Bonchev–Trinajstić information content (AvgIpc) is 2.89. The molecule has 2 saturated heterocycles. The van der Waals surface area contributed by atoms with Gasteiger partial charge < -0.3 is 15.3 Å². The van der Waals surface area contributed by atoms with E-state index in [2.05, 4.69) is 25.1 Å². The van der Waals surface area contributed by atoms with Crippen LogP contribution in [0, 0.1) is 13.8 Å². The second-order valence-electron chi connectivity index (χ2n) is 6.33. The predicted molar refractivity (Wildman–Crippen MR) is 82.6 cm³/mol. The Balaban J connectivity index is 1.58. The van der Waals surface area contributed by atoms with Crippen molar-refractivity contribution in [1.29, 1.82) is 0 Å². The van der Waals surface area contributed by atoms with Gasteiger partial charge in [-0.15, -0.1) is 0 Å². The van der Waals surface area contributed by atoms with Gasteiger partial charge >= 0.3 is 0 Å². The second-order valence-corrected chi connectivity index (χ2v) is 6.33. The zero-order valence-corrected chi connectivity index (χ0v) is 13.0. The molecule has 2 aliphatic rings. The molecule has 3 heterocycles. The van der Waals surface area contributed by atoms with Crippen LogP contribution in [-0.2, 0) is 0 Å². The first-order chi connectivity index (χ1) is 10.1. The Bertz CT molecular complexity index is 493. The van der Waals surface area contributed by atoms with Crippen LogP contribution >= 0.6 is 0 Å². The fourth-order valence-corrected chi connectivity index (χ4v) is 3.22. The van der Waals surface area contributed by atoms with E-state index in [1.54, 1.807) is 0 Å². The third-order valence-corrected chi connectivity index (χ3v) is 4.46. The molecule has 1 aromatic rings. The summed E-state index contributed by atoms with van der Waals surface area (Å²) in [6.45, 7) is 10.2. The minimum atomic E-state index is -0.540. The van der Waals surface area contributed by atoms with E-state index in [1.807, 2.05) is 20.0 Å². The summed E-state index contributed by atoms with van der Waals surface area (Å²) in [7, 11) is 0. The summed E-state index contributed by atoms with van der Waals surface area (Å²) < 4.78 is 0. The van der Waals surface area contributed by atoms with Crippen LogP contribution in [0.4, 0.5) is 5.82 Å². The summed E-state index contributed by atoms with van der Waals surface area (Å²) in [5.41, 5.74) is 1.42. The maximum atomic E-state index is 10.5. The molecule has 2 fully saturated rings. The first kappa shape index (κ1) is 14.7. The van der Waals surface area contributed by atoms with Gasteiger partial charge in [0.2, 0.25) is 0 Å². The molecule has 2 aliphatic heterocycles. The highest BCUT2D eigenvalue weighted by Crippen LogP contribution is 2.20. The van der Waals surface area contributed by atoms with Gasteiger partial charge in [-0.2, -0.15) is 0 Å². The maximum Gasteiger partial charge on any atom is 0.150 e. The fourth-order valence-electron chi connectivity index (χ4n) is 3.22. The van der Waals surface area contributed by atoms with E-state index in [0.29, 0.717) is 0 Å². The molecule has 6 nitrogen and oxygen atoms in total. The Morgan fingerprint density at radius 2 is 2.05 bits per heavy atom. The molecule has 2 N–H and O–H groups in total. The normalized spacial score (nSPS) is 27.3. The van der Waals surface area contributed by atoms with E-state index < -0.39 is 5.60 Å². The summed E-state index contributed by atoms with van der Waals surface area (Å²) in [6, 6.07) is 0. The third kappa shape index (κ3) is 3.33. The van der Waals surface area contributed by atoms with Crippen LogP contribution in [0.25, 0.3) is 0 Å². The molecule has 0 saturated carbocycles. The monoisotopic (exact) mass is 291 g/mol. The van der Waals surface area contributed by atoms with E-state index in [1.165, 1.54) is 0 Å². The summed E-state index contributed by atoms with van der Waals surface area (Å²) in [5, 5.41) is 13.7. The molecular weight excluding hydrogens is 266 g/mol. The van der Waals surface area contributed by atoms with Crippen LogP contribution in [-0.4, -0.2) is 71.4 Å². The molecule has 6 heteroatoms. The number of aliphatic hydroxyl groups is 1. The number of rotatable bonds is 3. The molecule has 0 amide bonds. The van der Waals surface area contributed by atoms with Crippen molar-refractivity contribution >= 4 is 5.82 Å². The summed E-state index contributed by atoms with van der Waals surface area (Å²) in [5.74, 6) is 1.01. The Kier molecular flexibility index (Phi) is 4.10. The smallest absolute Gasteiger partial charge is 0.150 e. The first-order valence-corrected chi connectivity index (χ1v) is 7.76. The number of nitrogens with one attached hydrogen (secondary N) is 1.